The summed E-state index contributed by atoms with van der Waals surface area (Å²) in [4.78, 5) is 12.2. The minimum absolute atomic E-state index is 0.369. The van der Waals surface area contributed by atoms with E-state index in [1.807, 2.05) is 12.1 Å². The van der Waals surface area contributed by atoms with Gasteiger partial charge in [-0.1, -0.05) is 36.4 Å². The predicted octanol–water partition coefficient (Wildman–Crippen LogP) is 3.36. The average Bonchev–Trinajstić information content (AvgIpc) is 2.48. The molecule has 0 aliphatic heterocycles. The SMILES string of the molecule is [2H]C([2H])([2H])OC(=O)c1cc2ccc1CCc1ccc(cc1)CC2. The number of rotatable bonds is 1. The molecule has 0 unspecified atom stereocenters. The molecule has 2 heteroatoms. The predicted molar refractivity (Wildman–Crippen MR) is 79.0 cm³/mol. The molecule has 4 bridgehead atoms. The summed E-state index contributed by atoms with van der Waals surface area (Å²) >= 11 is 0. The highest BCUT2D eigenvalue weighted by molar-refractivity contribution is 5.91. The van der Waals surface area contributed by atoms with Crippen LogP contribution in [0.25, 0.3) is 0 Å². The first-order valence-electron chi connectivity index (χ1n) is 8.34. The zero-order valence-electron chi connectivity index (χ0n) is 14.2. The fourth-order valence-electron chi connectivity index (χ4n) is 2.68. The van der Waals surface area contributed by atoms with Gasteiger partial charge in [-0.3, -0.25) is 0 Å². The molecule has 4 aliphatic rings. The third kappa shape index (κ3) is 2.60. The van der Waals surface area contributed by atoms with Gasteiger partial charge in [0.15, 0.2) is 0 Å². The Balaban J connectivity index is 1.95. The van der Waals surface area contributed by atoms with Crippen molar-refractivity contribution in [2.24, 2.45) is 0 Å². The molecule has 0 fully saturated rings. The van der Waals surface area contributed by atoms with Crippen LogP contribution in [0.4, 0.5) is 0 Å². The van der Waals surface area contributed by atoms with Gasteiger partial charge < -0.3 is 4.74 Å². The molecule has 2 aromatic carbocycles. The van der Waals surface area contributed by atoms with Gasteiger partial charge in [0.1, 0.15) is 0 Å². The van der Waals surface area contributed by atoms with Crippen LogP contribution >= 0.6 is 0 Å². The Bertz CT molecular complexity index is 718. The summed E-state index contributed by atoms with van der Waals surface area (Å²) in [5.41, 5.74) is 4.66. The summed E-state index contributed by atoms with van der Waals surface area (Å²) in [6, 6.07) is 14.2. The van der Waals surface area contributed by atoms with E-state index in [-0.39, 0.29) is 0 Å². The van der Waals surface area contributed by atoms with Gasteiger partial charge in [0, 0.05) is 0 Å². The topological polar surface area (TPSA) is 26.3 Å². The average molecular weight is 269 g/mol. The van der Waals surface area contributed by atoms with Crippen molar-refractivity contribution in [1.82, 2.24) is 0 Å². The third-order valence-corrected chi connectivity index (χ3v) is 3.90. The number of hydrogen-bond acceptors (Lipinski definition) is 2. The maximum atomic E-state index is 12.2. The number of methoxy groups -OCH3 is 1. The molecule has 2 aromatic rings. The molecule has 20 heavy (non-hydrogen) atoms. The number of esters is 1. The lowest BCUT2D eigenvalue weighted by Gasteiger charge is -2.13. The molecule has 0 heterocycles. The lowest BCUT2D eigenvalue weighted by Crippen LogP contribution is -2.08. The standard InChI is InChI=1S/C18H18O2/c1-20-18(19)17-12-15-7-6-13-2-4-14(5-3-13)8-10-16(17)11-9-15/h2-5,9,11-12H,6-8,10H2,1H3/i1D3. The van der Waals surface area contributed by atoms with Crippen LogP contribution < -0.4 is 0 Å². The summed E-state index contributed by atoms with van der Waals surface area (Å²) < 4.78 is 26.0. The van der Waals surface area contributed by atoms with E-state index in [4.69, 9.17) is 4.11 Å². The smallest absolute Gasteiger partial charge is 0.338 e. The summed E-state index contributed by atoms with van der Waals surface area (Å²) in [5.74, 6) is -0.771. The highest BCUT2D eigenvalue weighted by Crippen LogP contribution is 2.19. The molecule has 0 saturated carbocycles. The number of carbonyl (C=O) groups is 1. The zero-order valence-corrected chi connectivity index (χ0v) is 11.2. The fourth-order valence-corrected chi connectivity index (χ4v) is 2.68. The first-order chi connectivity index (χ1) is 10.9. The quantitative estimate of drug-likeness (QED) is 0.742. The van der Waals surface area contributed by atoms with E-state index >= 15 is 0 Å². The maximum absolute atomic E-state index is 12.2. The highest BCUT2D eigenvalue weighted by Gasteiger charge is 2.13. The lowest BCUT2D eigenvalue weighted by atomic mass is 9.93. The number of aryl methyl sites for hydroxylation is 4. The Morgan fingerprint density at radius 3 is 2.25 bits per heavy atom. The first kappa shape index (κ1) is 9.76. The van der Waals surface area contributed by atoms with Gasteiger partial charge in [-0.15, -0.1) is 0 Å². The monoisotopic (exact) mass is 269 g/mol. The van der Waals surface area contributed by atoms with E-state index in [2.05, 4.69) is 29.0 Å². The van der Waals surface area contributed by atoms with Crippen LogP contribution in [0.5, 0.6) is 0 Å². The Kier molecular flexibility index (Phi) is 2.68. The molecule has 0 aromatic heterocycles. The summed E-state index contributed by atoms with van der Waals surface area (Å²) in [6.45, 7) is 0. The van der Waals surface area contributed by atoms with Gasteiger partial charge >= 0.3 is 5.97 Å². The van der Waals surface area contributed by atoms with E-state index in [0.717, 1.165) is 30.4 Å². The van der Waals surface area contributed by atoms with Crippen LogP contribution in [0.2, 0.25) is 0 Å². The third-order valence-electron chi connectivity index (χ3n) is 3.90. The molecule has 0 atom stereocenters. The van der Waals surface area contributed by atoms with E-state index in [0.29, 0.717) is 12.0 Å². The number of ether oxygens (including phenoxy) is 1. The van der Waals surface area contributed by atoms with Crippen LogP contribution in [-0.2, 0) is 30.4 Å². The van der Waals surface area contributed by atoms with Crippen molar-refractivity contribution in [1.29, 1.82) is 0 Å². The van der Waals surface area contributed by atoms with Crippen molar-refractivity contribution >= 4 is 5.97 Å². The zero-order chi connectivity index (χ0) is 16.4. The minimum Gasteiger partial charge on any atom is -0.465 e. The van der Waals surface area contributed by atoms with Crippen LogP contribution in [0.1, 0.15) is 36.7 Å². The van der Waals surface area contributed by atoms with Crippen LogP contribution in [0, 0.1) is 0 Å². The Hall–Kier alpha value is -2.09. The molecular formula is C18H18O2. The van der Waals surface area contributed by atoms with Gasteiger partial charge in [0.05, 0.1) is 16.7 Å². The van der Waals surface area contributed by atoms with Crippen molar-refractivity contribution in [3.63, 3.8) is 0 Å². The van der Waals surface area contributed by atoms with Crippen molar-refractivity contribution in [3.05, 3.63) is 70.3 Å². The highest BCUT2D eigenvalue weighted by atomic mass is 16.5. The normalized spacial score (nSPS) is 16.5. The van der Waals surface area contributed by atoms with E-state index in [9.17, 15) is 4.79 Å². The Morgan fingerprint density at radius 2 is 1.55 bits per heavy atom. The number of benzene rings is 2. The van der Waals surface area contributed by atoms with E-state index < -0.39 is 13.0 Å². The minimum atomic E-state index is -2.72. The molecule has 6 rings (SSSR count). The van der Waals surface area contributed by atoms with Gasteiger partial charge in [0.25, 0.3) is 0 Å². The molecule has 102 valence electrons. The van der Waals surface area contributed by atoms with Gasteiger partial charge in [-0.25, -0.2) is 4.79 Å². The Morgan fingerprint density at radius 1 is 0.950 bits per heavy atom. The molecule has 0 saturated heterocycles. The van der Waals surface area contributed by atoms with Gasteiger partial charge in [-0.05, 0) is 54.0 Å². The second-order valence-electron chi connectivity index (χ2n) is 5.20. The molecule has 2 nitrogen and oxygen atoms in total. The van der Waals surface area contributed by atoms with Crippen LogP contribution in [0.15, 0.2) is 42.5 Å². The van der Waals surface area contributed by atoms with Crippen molar-refractivity contribution in [2.75, 3.05) is 7.04 Å². The molecular weight excluding hydrogens is 248 g/mol. The summed E-state index contributed by atoms with van der Waals surface area (Å²) in [7, 11) is -2.72. The van der Waals surface area contributed by atoms with Gasteiger partial charge in [-0.2, -0.15) is 0 Å². The fraction of sp³-hybridized carbons (Fsp3) is 0.278. The van der Waals surface area contributed by atoms with E-state index in [1.165, 1.54) is 11.1 Å². The maximum Gasteiger partial charge on any atom is 0.338 e. The first-order valence-corrected chi connectivity index (χ1v) is 6.84. The Labute approximate surface area is 123 Å². The summed E-state index contributed by atoms with van der Waals surface area (Å²) in [6.07, 6.45) is 3.15. The van der Waals surface area contributed by atoms with Crippen molar-refractivity contribution in [3.8, 4) is 0 Å². The molecule has 0 amide bonds. The largest absolute Gasteiger partial charge is 0.465 e. The molecule has 0 N–H and O–H groups in total. The number of hydrogen-bond donors (Lipinski definition) is 0. The molecule has 0 radical (unpaired) electrons. The van der Waals surface area contributed by atoms with Crippen LogP contribution in [0.3, 0.4) is 0 Å². The lowest BCUT2D eigenvalue weighted by molar-refractivity contribution is 0.0599. The summed E-state index contributed by atoms with van der Waals surface area (Å²) in [5, 5.41) is 0. The van der Waals surface area contributed by atoms with Crippen molar-refractivity contribution in [2.45, 2.75) is 25.7 Å². The van der Waals surface area contributed by atoms with E-state index in [1.54, 1.807) is 6.07 Å². The molecule has 0 spiro atoms. The van der Waals surface area contributed by atoms with Crippen LogP contribution in [-0.4, -0.2) is 13.0 Å². The van der Waals surface area contributed by atoms with Crippen molar-refractivity contribution < 1.29 is 13.6 Å². The number of carbonyl (C=O) groups excluding carboxylic acids is 1. The van der Waals surface area contributed by atoms with Gasteiger partial charge in [0.2, 0.25) is 0 Å². The molecule has 4 aliphatic carbocycles. The second-order valence-corrected chi connectivity index (χ2v) is 5.20. The second kappa shape index (κ2) is 5.49.